The van der Waals surface area contributed by atoms with Crippen LogP contribution in [0.25, 0.3) is 0 Å². The van der Waals surface area contributed by atoms with Gasteiger partial charge in [-0.1, -0.05) is 36.6 Å². The van der Waals surface area contributed by atoms with Crippen molar-refractivity contribution in [3.63, 3.8) is 0 Å². The Labute approximate surface area is 195 Å². The number of rotatable bonds is 9. The van der Waals surface area contributed by atoms with Gasteiger partial charge in [0.2, 0.25) is 6.41 Å². The van der Waals surface area contributed by atoms with Gasteiger partial charge in [-0.05, 0) is 60.7 Å². The maximum atomic E-state index is 14.3. The van der Waals surface area contributed by atoms with Crippen LogP contribution in [0.2, 0.25) is 5.02 Å². The van der Waals surface area contributed by atoms with Crippen molar-refractivity contribution in [3.8, 4) is 0 Å². The number of nitrogens with one attached hydrogen (secondary N) is 3. The van der Waals surface area contributed by atoms with E-state index in [1.807, 2.05) is 12.1 Å². The standard InChI is InChI=1S/C24H23ClFN5O2/c25-18-7-9-22(28-14-18)30-23(33)31-24(11-10-16-4-5-16,21-3-1-2-12-27-21)17-6-8-19(26)20(13-17)29-15-32/h1-3,6-9,12-16H,4-5,10-11H2,(H,29,32)(H2,28,30,31,33). The normalized spacial score (nSPS) is 14.7. The molecular formula is C24H23ClFN5O2. The molecule has 2 aromatic heterocycles. The number of nitrogens with zero attached hydrogens (tertiary/aromatic N) is 2. The predicted molar refractivity (Wildman–Crippen MR) is 124 cm³/mol. The third-order valence-electron chi connectivity index (χ3n) is 5.70. The van der Waals surface area contributed by atoms with Gasteiger partial charge in [-0.2, -0.15) is 0 Å². The molecule has 1 unspecified atom stereocenters. The highest BCUT2D eigenvalue weighted by atomic mass is 35.5. The lowest BCUT2D eigenvalue weighted by molar-refractivity contribution is -0.105. The molecule has 4 rings (SSSR count). The number of halogens is 2. The van der Waals surface area contributed by atoms with Crippen LogP contribution in [0.5, 0.6) is 0 Å². The maximum Gasteiger partial charge on any atom is 0.321 e. The molecule has 9 heteroatoms. The van der Waals surface area contributed by atoms with E-state index in [0.29, 0.717) is 40.8 Å². The highest BCUT2D eigenvalue weighted by Crippen LogP contribution is 2.41. The van der Waals surface area contributed by atoms with Crippen molar-refractivity contribution in [1.29, 1.82) is 0 Å². The number of hydrogen-bond donors (Lipinski definition) is 3. The molecule has 1 aliphatic rings. The van der Waals surface area contributed by atoms with Crippen LogP contribution in [-0.2, 0) is 10.3 Å². The molecule has 2 heterocycles. The second-order valence-corrected chi connectivity index (χ2v) is 8.44. The summed E-state index contributed by atoms with van der Waals surface area (Å²) in [6.07, 6.45) is 7.18. The van der Waals surface area contributed by atoms with E-state index in [9.17, 15) is 14.0 Å². The van der Waals surface area contributed by atoms with Crippen LogP contribution in [0.15, 0.2) is 60.9 Å². The Balaban J connectivity index is 1.75. The zero-order valence-corrected chi connectivity index (χ0v) is 18.5. The lowest BCUT2D eigenvalue weighted by Crippen LogP contribution is -2.49. The van der Waals surface area contributed by atoms with Crippen molar-refractivity contribution in [2.75, 3.05) is 10.6 Å². The van der Waals surface area contributed by atoms with Gasteiger partial charge in [0.25, 0.3) is 0 Å². The molecule has 1 fully saturated rings. The second-order valence-electron chi connectivity index (χ2n) is 8.00. The summed E-state index contributed by atoms with van der Waals surface area (Å²) < 4.78 is 14.3. The number of aromatic nitrogens is 2. The first-order valence-corrected chi connectivity index (χ1v) is 11.0. The third kappa shape index (κ3) is 5.46. The number of amides is 3. The number of benzene rings is 1. The highest BCUT2D eigenvalue weighted by molar-refractivity contribution is 6.30. The Morgan fingerprint density at radius 1 is 1.18 bits per heavy atom. The van der Waals surface area contributed by atoms with E-state index < -0.39 is 17.4 Å². The summed E-state index contributed by atoms with van der Waals surface area (Å²) in [4.78, 5) is 32.8. The van der Waals surface area contributed by atoms with E-state index in [1.54, 1.807) is 30.5 Å². The van der Waals surface area contributed by atoms with Gasteiger partial charge in [-0.15, -0.1) is 0 Å². The summed E-state index contributed by atoms with van der Waals surface area (Å²) in [6.45, 7) is 0. The highest BCUT2D eigenvalue weighted by Gasteiger charge is 2.39. The smallest absolute Gasteiger partial charge is 0.321 e. The van der Waals surface area contributed by atoms with Crippen molar-refractivity contribution in [2.45, 2.75) is 31.2 Å². The molecule has 0 radical (unpaired) electrons. The van der Waals surface area contributed by atoms with Crippen LogP contribution >= 0.6 is 11.6 Å². The Bertz CT molecular complexity index is 1130. The van der Waals surface area contributed by atoms with Gasteiger partial charge >= 0.3 is 6.03 Å². The van der Waals surface area contributed by atoms with Crippen molar-refractivity contribution in [2.24, 2.45) is 5.92 Å². The van der Waals surface area contributed by atoms with Gasteiger partial charge in [0.05, 0.1) is 16.4 Å². The van der Waals surface area contributed by atoms with Crippen molar-refractivity contribution in [3.05, 3.63) is 83.0 Å². The minimum atomic E-state index is -1.06. The van der Waals surface area contributed by atoms with Crippen LogP contribution in [0.1, 0.15) is 36.9 Å². The van der Waals surface area contributed by atoms with Gasteiger partial charge in [0.1, 0.15) is 17.2 Å². The first-order valence-electron chi connectivity index (χ1n) is 10.6. The first-order chi connectivity index (χ1) is 16.0. The van der Waals surface area contributed by atoms with Gasteiger partial charge < -0.3 is 10.6 Å². The Kier molecular flexibility index (Phi) is 6.84. The Morgan fingerprint density at radius 2 is 2.03 bits per heavy atom. The van der Waals surface area contributed by atoms with Crippen LogP contribution in [0.4, 0.5) is 20.7 Å². The molecule has 1 saturated carbocycles. The minimum absolute atomic E-state index is 0.0239. The summed E-state index contributed by atoms with van der Waals surface area (Å²) >= 11 is 5.88. The number of hydrogen-bond acceptors (Lipinski definition) is 4. The molecular weight excluding hydrogens is 445 g/mol. The van der Waals surface area contributed by atoms with Crippen LogP contribution in [0.3, 0.4) is 0 Å². The topological polar surface area (TPSA) is 96.0 Å². The van der Waals surface area contributed by atoms with E-state index in [4.69, 9.17) is 11.6 Å². The number of anilines is 2. The summed E-state index contributed by atoms with van der Waals surface area (Å²) in [5.74, 6) is 0.332. The monoisotopic (exact) mass is 467 g/mol. The molecule has 3 N–H and O–H groups in total. The van der Waals surface area contributed by atoms with E-state index in [0.717, 1.165) is 19.3 Å². The lowest BCUT2D eigenvalue weighted by Gasteiger charge is -2.35. The average molecular weight is 468 g/mol. The van der Waals surface area contributed by atoms with Gasteiger partial charge in [0.15, 0.2) is 0 Å². The molecule has 0 aliphatic heterocycles. The molecule has 1 aromatic carbocycles. The van der Waals surface area contributed by atoms with Crippen molar-refractivity contribution >= 4 is 35.5 Å². The minimum Gasteiger partial charge on any atom is -0.326 e. The predicted octanol–water partition coefficient (Wildman–Crippen LogP) is 5.09. The quantitative estimate of drug-likeness (QED) is 0.382. The van der Waals surface area contributed by atoms with Gasteiger partial charge in [-0.3, -0.25) is 15.1 Å². The molecule has 0 saturated heterocycles. The summed E-state index contributed by atoms with van der Waals surface area (Å²) in [5.41, 5.74) is 0.170. The van der Waals surface area contributed by atoms with E-state index in [1.165, 1.54) is 18.3 Å². The molecule has 3 amide bonds. The largest absolute Gasteiger partial charge is 0.326 e. The SMILES string of the molecule is O=CNc1cc(C(CCC2CC2)(NC(=O)Nc2ccc(Cl)cn2)c2ccccn2)ccc1F. The maximum absolute atomic E-state index is 14.3. The number of urea groups is 1. The van der Waals surface area contributed by atoms with Crippen LogP contribution in [0, 0.1) is 11.7 Å². The van der Waals surface area contributed by atoms with Gasteiger partial charge in [-0.25, -0.2) is 14.2 Å². The first kappa shape index (κ1) is 22.7. The third-order valence-corrected chi connectivity index (χ3v) is 5.92. The van der Waals surface area contributed by atoms with Gasteiger partial charge in [0, 0.05) is 12.4 Å². The number of pyridine rings is 2. The molecule has 1 atom stereocenters. The number of carbonyl (C=O) groups excluding carboxylic acids is 2. The fraction of sp³-hybridized carbons (Fsp3) is 0.250. The summed E-state index contributed by atoms with van der Waals surface area (Å²) in [6, 6.07) is 12.6. The summed E-state index contributed by atoms with van der Waals surface area (Å²) in [7, 11) is 0. The fourth-order valence-electron chi connectivity index (χ4n) is 3.82. The number of carbonyl (C=O) groups is 2. The van der Waals surface area contributed by atoms with Crippen molar-refractivity contribution in [1.82, 2.24) is 15.3 Å². The Hall–Kier alpha value is -3.52. The fourth-order valence-corrected chi connectivity index (χ4v) is 3.93. The summed E-state index contributed by atoms with van der Waals surface area (Å²) in [5, 5.41) is 8.64. The molecule has 170 valence electrons. The second kappa shape index (κ2) is 9.95. The molecule has 1 aliphatic carbocycles. The van der Waals surface area contributed by atoms with Crippen molar-refractivity contribution < 1.29 is 14.0 Å². The Morgan fingerprint density at radius 3 is 2.70 bits per heavy atom. The zero-order valence-electron chi connectivity index (χ0n) is 17.7. The van der Waals surface area contributed by atoms with Crippen LogP contribution < -0.4 is 16.0 Å². The molecule has 7 nitrogen and oxygen atoms in total. The zero-order chi connectivity index (χ0) is 23.3. The molecule has 0 spiro atoms. The molecule has 0 bridgehead atoms. The molecule has 33 heavy (non-hydrogen) atoms. The average Bonchev–Trinajstić information content (AvgIpc) is 3.65. The van der Waals surface area contributed by atoms with E-state index in [-0.39, 0.29) is 5.69 Å². The van der Waals surface area contributed by atoms with E-state index >= 15 is 0 Å². The molecule has 3 aromatic rings. The lowest BCUT2D eigenvalue weighted by atomic mass is 9.81. The van der Waals surface area contributed by atoms with E-state index in [2.05, 4.69) is 25.9 Å². The van der Waals surface area contributed by atoms with Crippen LogP contribution in [-0.4, -0.2) is 22.4 Å².